The highest BCUT2D eigenvalue weighted by Crippen LogP contribution is 2.34. The van der Waals surface area contributed by atoms with Crippen LogP contribution in [-0.2, 0) is 10.0 Å². The van der Waals surface area contributed by atoms with Crippen LogP contribution in [0.5, 0.6) is 0 Å². The molecule has 5 rings (SSSR count). The minimum Gasteiger partial charge on any atom is -0.357 e. The van der Waals surface area contributed by atoms with E-state index in [0.29, 0.717) is 31.0 Å². The molecule has 33 heavy (non-hydrogen) atoms. The Hall–Kier alpha value is -3.24. The van der Waals surface area contributed by atoms with Gasteiger partial charge in [0.05, 0.1) is 23.0 Å². The van der Waals surface area contributed by atoms with Crippen LogP contribution in [0, 0.1) is 6.92 Å². The third kappa shape index (κ3) is 4.23. The van der Waals surface area contributed by atoms with E-state index in [2.05, 4.69) is 27.2 Å². The summed E-state index contributed by atoms with van der Waals surface area (Å²) >= 11 is 0. The number of amides is 1. The largest absolute Gasteiger partial charge is 0.357 e. The van der Waals surface area contributed by atoms with Gasteiger partial charge < -0.3 is 15.2 Å². The Balaban J connectivity index is 1.65. The van der Waals surface area contributed by atoms with Gasteiger partial charge in [0.25, 0.3) is 5.91 Å². The van der Waals surface area contributed by atoms with E-state index >= 15 is 0 Å². The molecule has 0 spiro atoms. The highest BCUT2D eigenvalue weighted by Gasteiger charge is 2.28. The van der Waals surface area contributed by atoms with Crippen LogP contribution in [0.2, 0.25) is 0 Å². The predicted molar refractivity (Wildman–Crippen MR) is 128 cm³/mol. The summed E-state index contributed by atoms with van der Waals surface area (Å²) < 4.78 is 25.7. The van der Waals surface area contributed by atoms with Crippen molar-refractivity contribution in [1.29, 1.82) is 0 Å². The maximum Gasteiger partial charge on any atom is 0.253 e. The molecular formula is C23H26N6O3S. The summed E-state index contributed by atoms with van der Waals surface area (Å²) in [7, 11) is -3.28. The first kappa shape index (κ1) is 21.6. The number of fused-ring (bicyclic) bond motifs is 3. The van der Waals surface area contributed by atoms with E-state index in [9.17, 15) is 13.2 Å². The Morgan fingerprint density at radius 1 is 1.21 bits per heavy atom. The van der Waals surface area contributed by atoms with Crippen molar-refractivity contribution in [2.75, 3.05) is 37.3 Å². The van der Waals surface area contributed by atoms with Gasteiger partial charge in [0, 0.05) is 49.0 Å². The summed E-state index contributed by atoms with van der Waals surface area (Å²) in [6.07, 6.45) is 6.10. The summed E-state index contributed by atoms with van der Waals surface area (Å²) in [6, 6.07) is 7.74. The number of carbonyl (C=O) groups is 1. The first-order valence-corrected chi connectivity index (χ1v) is 12.8. The number of sulfonamides is 1. The summed E-state index contributed by atoms with van der Waals surface area (Å²) in [5.41, 5.74) is 5.61. The van der Waals surface area contributed by atoms with E-state index in [1.165, 1.54) is 0 Å². The van der Waals surface area contributed by atoms with Crippen LogP contribution in [0.25, 0.3) is 22.3 Å². The highest BCUT2D eigenvalue weighted by molar-refractivity contribution is 7.88. The molecule has 1 amide bonds. The van der Waals surface area contributed by atoms with Gasteiger partial charge in [-0.3, -0.25) is 4.79 Å². The molecule has 2 aliphatic heterocycles. The van der Waals surface area contributed by atoms with E-state index in [1.54, 1.807) is 0 Å². The van der Waals surface area contributed by atoms with Gasteiger partial charge in [-0.1, -0.05) is 24.3 Å². The average Bonchev–Trinajstić information content (AvgIpc) is 3.21. The second kappa shape index (κ2) is 8.27. The van der Waals surface area contributed by atoms with E-state index in [0.717, 1.165) is 46.4 Å². The lowest BCUT2D eigenvalue weighted by atomic mass is 9.94. The van der Waals surface area contributed by atoms with Crippen molar-refractivity contribution in [1.82, 2.24) is 25.0 Å². The minimum atomic E-state index is -3.28. The number of benzene rings is 1. The topological polar surface area (TPSA) is 120 Å². The fourth-order valence-electron chi connectivity index (χ4n) is 4.53. The Labute approximate surface area is 192 Å². The SMILES string of the molecule is Cc1nc2cccc3c2nc1N(CCNS(C)(=O)=O)C/C=C\C[C@H]1CNC(=O)c2cc-3[nH]c21. The molecule has 0 unspecified atom stereocenters. The van der Waals surface area contributed by atoms with E-state index in [1.807, 2.05) is 36.1 Å². The third-order valence-corrected chi connectivity index (χ3v) is 6.83. The standard InChI is InChI=1S/C23H26N6O3S/c1-14-22-28-21-16(7-5-8-18(21)26-14)19-12-17-20(27-19)15(13-24-23(17)30)6-3-4-10-29(22)11-9-25-33(2,31)32/h3-5,7-8,12,15,25,27H,6,9-11,13H2,1-2H3,(H,24,30)/b4-3-/t15-/m0/s1. The Morgan fingerprint density at radius 2 is 2.06 bits per heavy atom. The quantitative estimate of drug-likeness (QED) is 0.507. The molecule has 172 valence electrons. The number of anilines is 1. The zero-order valence-corrected chi connectivity index (χ0v) is 19.4. The number of rotatable bonds is 4. The number of carbonyl (C=O) groups excluding carboxylic acids is 1. The molecule has 4 bridgehead atoms. The van der Waals surface area contributed by atoms with Crippen LogP contribution in [0.15, 0.2) is 36.4 Å². The number of nitrogens with one attached hydrogen (secondary N) is 3. The lowest BCUT2D eigenvalue weighted by molar-refractivity contribution is 0.0940. The molecule has 3 N–H and O–H groups in total. The minimum absolute atomic E-state index is 0.0628. The lowest BCUT2D eigenvalue weighted by Gasteiger charge is -2.24. The van der Waals surface area contributed by atoms with Crippen molar-refractivity contribution in [3.8, 4) is 11.3 Å². The molecule has 2 aliphatic rings. The number of nitrogens with zero attached hydrogens (tertiary/aromatic N) is 3. The normalized spacial score (nSPS) is 19.0. The maximum absolute atomic E-state index is 12.5. The number of aromatic amines is 1. The van der Waals surface area contributed by atoms with E-state index in [-0.39, 0.29) is 18.4 Å². The Morgan fingerprint density at radius 3 is 2.88 bits per heavy atom. The fraction of sp³-hybridized carbons (Fsp3) is 0.348. The number of H-pyrrole nitrogens is 1. The summed E-state index contributed by atoms with van der Waals surface area (Å²) in [5, 5.41) is 2.99. The molecule has 4 heterocycles. The van der Waals surface area contributed by atoms with Gasteiger partial charge >= 0.3 is 0 Å². The number of para-hydroxylation sites is 1. The number of allylic oxidation sites excluding steroid dienone is 1. The van der Waals surface area contributed by atoms with Crippen molar-refractivity contribution in [2.45, 2.75) is 19.3 Å². The van der Waals surface area contributed by atoms with E-state index in [4.69, 9.17) is 9.97 Å². The monoisotopic (exact) mass is 466 g/mol. The van der Waals surface area contributed by atoms with Gasteiger partial charge in [0.1, 0.15) is 5.52 Å². The zero-order chi connectivity index (χ0) is 23.2. The zero-order valence-electron chi connectivity index (χ0n) is 18.6. The highest BCUT2D eigenvalue weighted by atomic mass is 32.2. The van der Waals surface area contributed by atoms with Gasteiger partial charge in [-0.25, -0.2) is 23.1 Å². The molecule has 0 saturated heterocycles. The van der Waals surface area contributed by atoms with Crippen molar-refractivity contribution >= 4 is 32.8 Å². The Bertz CT molecular complexity index is 1380. The molecule has 1 aromatic carbocycles. The number of hydrogen-bond acceptors (Lipinski definition) is 6. The van der Waals surface area contributed by atoms with Crippen molar-refractivity contribution in [3.05, 3.63) is 53.4 Å². The molecule has 1 atom stereocenters. The van der Waals surface area contributed by atoms with Gasteiger partial charge in [0.2, 0.25) is 10.0 Å². The molecule has 9 nitrogen and oxygen atoms in total. The molecular weight excluding hydrogens is 440 g/mol. The van der Waals surface area contributed by atoms with Crippen molar-refractivity contribution in [3.63, 3.8) is 0 Å². The third-order valence-electron chi connectivity index (χ3n) is 6.10. The van der Waals surface area contributed by atoms with Crippen molar-refractivity contribution in [2.24, 2.45) is 0 Å². The van der Waals surface area contributed by atoms with Gasteiger partial charge in [-0.2, -0.15) is 0 Å². The summed E-state index contributed by atoms with van der Waals surface area (Å²) in [5.74, 6) is 0.800. The van der Waals surface area contributed by atoms with Gasteiger partial charge in [-0.15, -0.1) is 0 Å². The second-order valence-electron chi connectivity index (χ2n) is 8.54. The van der Waals surface area contributed by atoms with E-state index < -0.39 is 10.0 Å². The molecule has 0 saturated carbocycles. The van der Waals surface area contributed by atoms with Crippen molar-refractivity contribution < 1.29 is 13.2 Å². The van der Waals surface area contributed by atoms with Crippen LogP contribution in [0.3, 0.4) is 0 Å². The molecule has 3 aromatic rings. The lowest BCUT2D eigenvalue weighted by Crippen LogP contribution is -2.35. The van der Waals surface area contributed by atoms with Gasteiger partial charge in [0.15, 0.2) is 5.82 Å². The fourth-order valence-corrected chi connectivity index (χ4v) is 4.99. The first-order valence-electron chi connectivity index (χ1n) is 10.9. The predicted octanol–water partition coefficient (Wildman–Crippen LogP) is 2.08. The number of aryl methyl sites for hydroxylation is 1. The average molecular weight is 467 g/mol. The Kier molecular flexibility index (Phi) is 5.41. The van der Waals surface area contributed by atoms with Gasteiger partial charge in [-0.05, 0) is 25.5 Å². The molecule has 0 fully saturated rings. The van der Waals surface area contributed by atoms with Crippen LogP contribution in [0.4, 0.5) is 5.82 Å². The van der Waals surface area contributed by atoms with Crippen LogP contribution >= 0.6 is 0 Å². The first-order chi connectivity index (χ1) is 15.8. The molecule has 10 heteroatoms. The van der Waals surface area contributed by atoms with Crippen LogP contribution < -0.4 is 14.9 Å². The molecule has 2 aromatic heterocycles. The molecule has 0 radical (unpaired) electrons. The summed E-state index contributed by atoms with van der Waals surface area (Å²) in [4.78, 5) is 27.8. The maximum atomic E-state index is 12.5. The number of hydrogen-bond donors (Lipinski definition) is 3. The second-order valence-corrected chi connectivity index (χ2v) is 10.4. The van der Waals surface area contributed by atoms with Crippen LogP contribution in [-0.4, -0.2) is 61.7 Å². The smallest absolute Gasteiger partial charge is 0.253 e. The molecule has 0 aliphatic carbocycles. The number of aromatic nitrogens is 3. The summed E-state index contributed by atoms with van der Waals surface area (Å²) in [6.45, 7) is 3.78. The van der Waals surface area contributed by atoms with Crippen LogP contribution in [0.1, 0.15) is 34.1 Å².